The van der Waals surface area contributed by atoms with Crippen molar-refractivity contribution in [3.8, 4) is 0 Å². The van der Waals surface area contributed by atoms with Gasteiger partial charge in [-0.25, -0.2) is 4.99 Å². The zero-order valence-corrected chi connectivity index (χ0v) is 12.1. The van der Waals surface area contributed by atoms with Gasteiger partial charge >= 0.3 is 0 Å². The van der Waals surface area contributed by atoms with Gasteiger partial charge in [0.05, 0.1) is 5.92 Å². The molecule has 0 saturated heterocycles. The molecule has 0 aromatic heterocycles. The summed E-state index contributed by atoms with van der Waals surface area (Å²) in [4.78, 5) is 28.6. The van der Waals surface area contributed by atoms with Crippen LogP contribution in [0.1, 0.15) is 22.8 Å². The van der Waals surface area contributed by atoms with Crippen LogP contribution in [0.25, 0.3) is 4.91 Å². The zero-order chi connectivity index (χ0) is 15.1. The summed E-state index contributed by atoms with van der Waals surface area (Å²) in [5, 5.41) is 2.31. The summed E-state index contributed by atoms with van der Waals surface area (Å²) < 4.78 is 0. The fraction of sp³-hybridized carbons (Fsp3) is 0.214. The van der Waals surface area contributed by atoms with Gasteiger partial charge < -0.3 is 11.5 Å². The third-order valence-corrected chi connectivity index (χ3v) is 4.97. The minimum Gasteiger partial charge on any atom is -0.370 e. The van der Waals surface area contributed by atoms with Gasteiger partial charge in [-0.2, -0.15) is 0 Å². The molecule has 2 aliphatic rings. The number of hydrogen-bond acceptors (Lipinski definition) is 5. The van der Waals surface area contributed by atoms with Gasteiger partial charge in [-0.3, -0.25) is 14.9 Å². The molecule has 2 heterocycles. The minimum atomic E-state index is -0.476. The van der Waals surface area contributed by atoms with Crippen molar-refractivity contribution in [1.29, 1.82) is 0 Å². The van der Waals surface area contributed by atoms with Crippen LogP contribution >= 0.6 is 11.8 Å². The second-order valence-corrected chi connectivity index (χ2v) is 6.07. The highest BCUT2D eigenvalue weighted by Gasteiger charge is 2.41. The Morgan fingerprint density at radius 3 is 2.90 bits per heavy atom. The lowest BCUT2D eigenvalue weighted by Crippen LogP contribution is -2.47. The van der Waals surface area contributed by atoms with Crippen molar-refractivity contribution < 1.29 is 9.59 Å². The lowest BCUT2D eigenvalue weighted by Gasteiger charge is -2.22. The first-order valence-electron chi connectivity index (χ1n) is 6.39. The number of guanidine groups is 1. The lowest BCUT2D eigenvalue weighted by atomic mass is 9.96. The van der Waals surface area contributed by atoms with Crippen LogP contribution in [0.15, 0.2) is 34.8 Å². The highest BCUT2D eigenvalue weighted by Crippen LogP contribution is 2.48. The quantitative estimate of drug-likeness (QED) is 0.745. The molecule has 1 aromatic carbocycles. The highest BCUT2D eigenvalue weighted by molar-refractivity contribution is 8.09. The number of carbonyl (C=O) groups is 2. The van der Waals surface area contributed by atoms with Gasteiger partial charge in [0.2, 0.25) is 11.8 Å². The van der Waals surface area contributed by atoms with Crippen molar-refractivity contribution in [3.05, 3.63) is 41.0 Å². The first-order chi connectivity index (χ1) is 9.97. The Labute approximate surface area is 125 Å². The van der Waals surface area contributed by atoms with Crippen molar-refractivity contribution in [1.82, 2.24) is 5.32 Å². The number of nitrogens with one attached hydrogen (secondary N) is 1. The summed E-state index contributed by atoms with van der Waals surface area (Å²) in [7, 11) is 0. The number of amides is 2. The van der Waals surface area contributed by atoms with Crippen molar-refractivity contribution in [2.45, 2.75) is 12.3 Å². The van der Waals surface area contributed by atoms with Gasteiger partial charge in [0.25, 0.3) is 0 Å². The number of thioether (sulfide) groups is 1. The predicted octanol–water partition coefficient (Wildman–Crippen LogP) is 0.650. The Hall–Kier alpha value is -2.28. The number of rotatable bonds is 2. The average molecular weight is 302 g/mol. The maximum absolute atomic E-state index is 12.1. The van der Waals surface area contributed by atoms with Gasteiger partial charge in [-0.15, -0.1) is 0 Å². The van der Waals surface area contributed by atoms with E-state index < -0.39 is 5.91 Å². The molecule has 6 nitrogen and oxygen atoms in total. The van der Waals surface area contributed by atoms with Crippen molar-refractivity contribution in [2.24, 2.45) is 22.4 Å². The molecule has 21 heavy (non-hydrogen) atoms. The summed E-state index contributed by atoms with van der Waals surface area (Å²) in [5.74, 6) is -0.794. The van der Waals surface area contributed by atoms with E-state index in [0.29, 0.717) is 5.56 Å². The van der Waals surface area contributed by atoms with Crippen LogP contribution < -0.4 is 16.8 Å². The molecule has 0 fully saturated rings. The van der Waals surface area contributed by atoms with E-state index in [1.807, 2.05) is 13.0 Å². The largest absolute Gasteiger partial charge is 0.370 e. The number of hydrogen-bond donors (Lipinski definition) is 3. The molecular formula is C14H14N4O2S. The smallest absolute Gasteiger partial charge is 0.248 e. The van der Waals surface area contributed by atoms with Crippen LogP contribution in [0.4, 0.5) is 0 Å². The standard InChI is InChI=1S/C14H14N4O2S/c1-6-9-12(20)17-14(16)18-13(9)21-10(6)7-3-2-4-8(5-7)11(15)19/h2-5,9,13H,1H3,(H2,15,19)(H3,16,17,18,20). The summed E-state index contributed by atoms with van der Waals surface area (Å²) in [6.07, 6.45) is 0. The van der Waals surface area contributed by atoms with Crippen LogP contribution in [-0.2, 0) is 4.79 Å². The van der Waals surface area contributed by atoms with E-state index in [-0.39, 0.29) is 23.2 Å². The Balaban J connectivity index is 2.02. The van der Waals surface area contributed by atoms with Gasteiger partial charge in [0.15, 0.2) is 5.96 Å². The predicted molar refractivity (Wildman–Crippen MR) is 82.2 cm³/mol. The summed E-state index contributed by atoms with van der Waals surface area (Å²) in [6, 6.07) is 7.06. The van der Waals surface area contributed by atoms with E-state index in [0.717, 1.165) is 16.0 Å². The lowest BCUT2D eigenvalue weighted by molar-refractivity contribution is -0.122. The summed E-state index contributed by atoms with van der Waals surface area (Å²) in [6.45, 7) is 1.90. The van der Waals surface area contributed by atoms with E-state index in [2.05, 4.69) is 10.3 Å². The van der Waals surface area contributed by atoms with E-state index in [1.165, 1.54) is 11.8 Å². The molecule has 0 spiro atoms. The molecule has 7 heteroatoms. The molecule has 0 aliphatic carbocycles. The molecule has 3 rings (SSSR count). The molecule has 2 unspecified atom stereocenters. The average Bonchev–Trinajstić information content (AvgIpc) is 2.76. The number of benzene rings is 1. The number of nitrogens with two attached hydrogens (primary N) is 2. The van der Waals surface area contributed by atoms with Gasteiger partial charge in [0.1, 0.15) is 5.37 Å². The Morgan fingerprint density at radius 1 is 1.43 bits per heavy atom. The number of primary amides is 1. The molecule has 2 atom stereocenters. The SMILES string of the molecule is CC1=C(c2cccc(C(N)=O)c2)SC2N=C(N)NC(=O)C12. The van der Waals surface area contributed by atoms with E-state index >= 15 is 0 Å². The highest BCUT2D eigenvalue weighted by atomic mass is 32.2. The Kier molecular flexibility index (Phi) is 3.21. The van der Waals surface area contributed by atoms with Crippen LogP contribution in [0.2, 0.25) is 0 Å². The fourth-order valence-corrected chi connectivity index (χ4v) is 3.99. The first kappa shape index (κ1) is 13.7. The molecule has 0 bridgehead atoms. The number of fused-ring (bicyclic) bond motifs is 1. The van der Waals surface area contributed by atoms with E-state index in [9.17, 15) is 9.59 Å². The normalized spacial score (nSPS) is 24.4. The minimum absolute atomic E-state index is 0.140. The molecular weight excluding hydrogens is 288 g/mol. The molecule has 0 saturated carbocycles. The van der Waals surface area contributed by atoms with Gasteiger partial charge in [-0.05, 0) is 30.2 Å². The van der Waals surface area contributed by atoms with Crippen molar-refractivity contribution >= 4 is 34.4 Å². The third kappa shape index (κ3) is 2.29. The van der Waals surface area contributed by atoms with E-state index in [1.54, 1.807) is 18.2 Å². The maximum Gasteiger partial charge on any atom is 0.248 e. The Bertz CT molecular complexity index is 711. The number of aliphatic imine (C=N–C) groups is 1. The monoisotopic (exact) mass is 302 g/mol. The van der Waals surface area contributed by atoms with Crippen molar-refractivity contribution in [2.75, 3.05) is 0 Å². The van der Waals surface area contributed by atoms with Crippen LogP contribution in [0.5, 0.6) is 0 Å². The second-order valence-electron chi connectivity index (χ2n) is 4.95. The van der Waals surface area contributed by atoms with Crippen LogP contribution in [0, 0.1) is 5.92 Å². The molecule has 1 aromatic rings. The van der Waals surface area contributed by atoms with Gasteiger partial charge in [-0.1, -0.05) is 23.9 Å². The summed E-state index contributed by atoms with van der Waals surface area (Å²) in [5.41, 5.74) is 13.1. The topological polar surface area (TPSA) is 111 Å². The zero-order valence-electron chi connectivity index (χ0n) is 11.3. The van der Waals surface area contributed by atoms with Crippen LogP contribution in [0.3, 0.4) is 0 Å². The number of carbonyl (C=O) groups excluding carboxylic acids is 2. The summed E-state index contributed by atoms with van der Waals surface area (Å²) >= 11 is 1.48. The molecule has 108 valence electrons. The fourth-order valence-electron chi connectivity index (χ4n) is 2.55. The van der Waals surface area contributed by atoms with Gasteiger partial charge in [0, 0.05) is 10.5 Å². The Morgan fingerprint density at radius 2 is 2.19 bits per heavy atom. The molecule has 2 amide bonds. The van der Waals surface area contributed by atoms with E-state index in [4.69, 9.17) is 11.5 Å². The van der Waals surface area contributed by atoms with Crippen LogP contribution in [-0.4, -0.2) is 23.1 Å². The maximum atomic E-state index is 12.1. The third-order valence-electron chi connectivity index (χ3n) is 3.56. The van der Waals surface area contributed by atoms with Crippen molar-refractivity contribution in [3.63, 3.8) is 0 Å². The molecule has 5 N–H and O–H groups in total. The molecule has 2 aliphatic heterocycles. The number of nitrogens with zero attached hydrogens (tertiary/aromatic N) is 1. The molecule has 0 radical (unpaired) electrons. The first-order valence-corrected chi connectivity index (χ1v) is 7.27. The second kappa shape index (κ2) is 4.92.